The number of benzene rings is 1. The number of aliphatic hydroxyl groups excluding tert-OH is 1. The number of rotatable bonds is 5. The van der Waals surface area contributed by atoms with Gasteiger partial charge in [0, 0.05) is 6.04 Å². The number of carbonyl (C=O) groups excluding carboxylic acids is 1. The molecule has 1 aromatic carbocycles. The zero-order valence-electron chi connectivity index (χ0n) is 10.4. The highest BCUT2D eigenvalue weighted by Crippen LogP contribution is 2.19. The Balaban J connectivity index is 1.71. The number of carbonyl (C=O) groups is 1. The number of amides is 1. The maximum Gasteiger partial charge on any atom is 0.237 e. The van der Waals surface area contributed by atoms with Crippen LogP contribution in [0.2, 0.25) is 0 Å². The SMILES string of the molecule is NC(CCc1ccccc1)C(=O)NC1CC(O)C1. The molecular weight excluding hydrogens is 228 g/mol. The highest BCUT2D eigenvalue weighted by Gasteiger charge is 2.29. The van der Waals surface area contributed by atoms with Crippen LogP contribution < -0.4 is 11.1 Å². The van der Waals surface area contributed by atoms with Crippen LogP contribution >= 0.6 is 0 Å². The maximum atomic E-state index is 11.8. The van der Waals surface area contributed by atoms with Crippen LogP contribution in [0.3, 0.4) is 0 Å². The Bertz CT molecular complexity index is 388. The minimum absolute atomic E-state index is 0.107. The van der Waals surface area contributed by atoms with Crippen molar-refractivity contribution in [1.29, 1.82) is 0 Å². The molecule has 98 valence electrons. The van der Waals surface area contributed by atoms with Gasteiger partial charge in [-0.05, 0) is 31.2 Å². The molecule has 1 unspecified atom stereocenters. The summed E-state index contributed by atoms with van der Waals surface area (Å²) >= 11 is 0. The molecule has 0 heterocycles. The van der Waals surface area contributed by atoms with E-state index >= 15 is 0 Å². The van der Waals surface area contributed by atoms with E-state index in [2.05, 4.69) is 5.32 Å². The highest BCUT2D eigenvalue weighted by atomic mass is 16.3. The lowest BCUT2D eigenvalue weighted by atomic mass is 9.89. The molecule has 1 aliphatic rings. The summed E-state index contributed by atoms with van der Waals surface area (Å²) in [7, 11) is 0. The third-order valence-corrected chi connectivity index (χ3v) is 3.38. The molecule has 1 fully saturated rings. The largest absolute Gasteiger partial charge is 0.393 e. The van der Waals surface area contributed by atoms with Gasteiger partial charge in [0.05, 0.1) is 12.1 Å². The molecule has 0 aliphatic heterocycles. The zero-order chi connectivity index (χ0) is 13.0. The zero-order valence-corrected chi connectivity index (χ0v) is 10.4. The predicted molar refractivity (Wildman–Crippen MR) is 69.9 cm³/mol. The van der Waals surface area contributed by atoms with Crippen molar-refractivity contribution >= 4 is 5.91 Å². The Labute approximate surface area is 107 Å². The Kier molecular flexibility index (Phi) is 4.33. The van der Waals surface area contributed by atoms with Gasteiger partial charge in [-0.15, -0.1) is 0 Å². The Hall–Kier alpha value is -1.39. The number of aryl methyl sites for hydroxylation is 1. The van der Waals surface area contributed by atoms with E-state index in [9.17, 15) is 4.79 Å². The molecule has 1 atom stereocenters. The lowest BCUT2D eigenvalue weighted by Crippen LogP contribution is -2.51. The first-order chi connectivity index (χ1) is 8.65. The second-order valence-electron chi connectivity index (χ2n) is 4.96. The lowest BCUT2D eigenvalue weighted by molar-refractivity contribution is -0.124. The van der Waals surface area contributed by atoms with Crippen LogP contribution in [0.25, 0.3) is 0 Å². The number of hydrogen-bond acceptors (Lipinski definition) is 3. The van der Waals surface area contributed by atoms with E-state index in [1.165, 1.54) is 5.56 Å². The van der Waals surface area contributed by atoms with Gasteiger partial charge in [-0.1, -0.05) is 30.3 Å². The fraction of sp³-hybridized carbons (Fsp3) is 0.500. The van der Waals surface area contributed by atoms with Crippen molar-refractivity contribution in [2.45, 2.75) is 43.9 Å². The van der Waals surface area contributed by atoms with Crippen molar-refractivity contribution in [2.24, 2.45) is 5.73 Å². The minimum Gasteiger partial charge on any atom is -0.393 e. The first-order valence-corrected chi connectivity index (χ1v) is 6.43. The summed E-state index contributed by atoms with van der Waals surface area (Å²) in [5.74, 6) is -0.108. The molecule has 18 heavy (non-hydrogen) atoms. The number of nitrogens with two attached hydrogens (primary N) is 1. The van der Waals surface area contributed by atoms with Gasteiger partial charge in [0.1, 0.15) is 0 Å². The van der Waals surface area contributed by atoms with Crippen molar-refractivity contribution in [2.75, 3.05) is 0 Å². The average Bonchev–Trinajstić information content (AvgIpc) is 2.35. The summed E-state index contributed by atoms with van der Waals surface area (Å²) in [6.45, 7) is 0. The highest BCUT2D eigenvalue weighted by molar-refractivity contribution is 5.81. The van der Waals surface area contributed by atoms with E-state index in [-0.39, 0.29) is 18.1 Å². The van der Waals surface area contributed by atoms with E-state index in [0.717, 1.165) is 6.42 Å². The Morgan fingerprint density at radius 3 is 2.67 bits per heavy atom. The summed E-state index contributed by atoms with van der Waals surface area (Å²) in [5, 5.41) is 12.0. The minimum atomic E-state index is -0.469. The molecular formula is C14H20N2O2. The Morgan fingerprint density at radius 1 is 1.39 bits per heavy atom. The standard InChI is InChI=1S/C14H20N2O2/c15-13(7-6-10-4-2-1-3-5-10)14(18)16-11-8-12(17)9-11/h1-5,11-13,17H,6-9,15H2,(H,16,18). The van der Waals surface area contributed by atoms with Crippen molar-refractivity contribution < 1.29 is 9.90 Å². The van der Waals surface area contributed by atoms with Gasteiger partial charge in [-0.25, -0.2) is 0 Å². The molecule has 1 aromatic rings. The fourth-order valence-electron chi connectivity index (χ4n) is 2.11. The second-order valence-corrected chi connectivity index (χ2v) is 4.96. The summed E-state index contributed by atoms with van der Waals surface area (Å²) < 4.78 is 0. The van der Waals surface area contributed by atoms with Crippen LogP contribution in [-0.4, -0.2) is 29.2 Å². The van der Waals surface area contributed by atoms with Gasteiger partial charge in [-0.2, -0.15) is 0 Å². The van der Waals surface area contributed by atoms with Gasteiger partial charge in [-0.3, -0.25) is 4.79 Å². The third-order valence-electron chi connectivity index (χ3n) is 3.38. The summed E-state index contributed by atoms with van der Waals surface area (Å²) in [6, 6.07) is 9.64. The molecule has 2 rings (SSSR count). The van der Waals surface area contributed by atoms with Crippen LogP contribution in [0.1, 0.15) is 24.8 Å². The van der Waals surface area contributed by atoms with Crippen LogP contribution in [0, 0.1) is 0 Å². The molecule has 4 nitrogen and oxygen atoms in total. The summed E-state index contributed by atoms with van der Waals surface area (Å²) in [6.07, 6.45) is 2.50. The second kappa shape index (κ2) is 5.98. The van der Waals surface area contributed by atoms with E-state index in [0.29, 0.717) is 19.3 Å². The molecule has 4 heteroatoms. The quantitative estimate of drug-likeness (QED) is 0.713. The Morgan fingerprint density at radius 2 is 2.06 bits per heavy atom. The molecule has 0 aromatic heterocycles. The summed E-state index contributed by atoms with van der Waals surface area (Å²) in [4.78, 5) is 11.8. The average molecular weight is 248 g/mol. The predicted octanol–water partition coefficient (Wildman–Crippen LogP) is 0.586. The topological polar surface area (TPSA) is 75.4 Å². The lowest BCUT2D eigenvalue weighted by Gasteiger charge is -2.32. The van der Waals surface area contributed by atoms with E-state index in [1.807, 2.05) is 30.3 Å². The van der Waals surface area contributed by atoms with Crippen LogP contribution in [-0.2, 0) is 11.2 Å². The first-order valence-electron chi connectivity index (χ1n) is 6.43. The summed E-state index contributed by atoms with van der Waals surface area (Å²) in [5.41, 5.74) is 7.05. The van der Waals surface area contributed by atoms with Crippen LogP contribution in [0.5, 0.6) is 0 Å². The molecule has 1 saturated carbocycles. The first kappa shape index (κ1) is 13.1. The van der Waals surface area contributed by atoms with E-state index in [4.69, 9.17) is 10.8 Å². The van der Waals surface area contributed by atoms with Gasteiger partial charge < -0.3 is 16.2 Å². The van der Waals surface area contributed by atoms with Crippen molar-refractivity contribution in [3.05, 3.63) is 35.9 Å². The van der Waals surface area contributed by atoms with Crippen molar-refractivity contribution in [3.8, 4) is 0 Å². The molecule has 1 aliphatic carbocycles. The van der Waals surface area contributed by atoms with Crippen LogP contribution in [0.4, 0.5) is 0 Å². The molecule has 0 spiro atoms. The molecule has 0 saturated heterocycles. The van der Waals surface area contributed by atoms with Gasteiger partial charge >= 0.3 is 0 Å². The number of nitrogens with one attached hydrogen (secondary N) is 1. The van der Waals surface area contributed by atoms with E-state index in [1.54, 1.807) is 0 Å². The molecule has 1 amide bonds. The molecule has 4 N–H and O–H groups in total. The maximum absolute atomic E-state index is 11.8. The van der Waals surface area contributed by atoms with Gasteiger partial charge in [0.2, 0.25) is 5.91 Å². The monoisotopic (exact) mass is 248 g/mol. The van der Waals surface area contributed by atoms with Crippen molar-refractivity contribution in [3.63, 3.8) is 0 Å². The van der Waals surface area contributed by atoms with Crippen molar-refractivity contribution in [1.82, 2.24) is 5.32 Å². The number of aliphatic hydroxyl groups is 1. The normalized spacial score (nSPS) is 24.1. The fourth-order valence-corrected chi connectivity index (χ4v) is 2.11. The van der Waals surface area contributed by atoms with Gasteiger partial charge in [0.15, 0.2) is 0 Å². The number of hydrogen-bond donors (Lipinski definition) is 3. The van der Waals surface area contributed by atoms with E-state index < -0.39 is 6.04 Å². The third kappa shape index (κ3) is 3.55. The van der Waals surface area contributed by atoms with Crippen LogP contribution in [0.15, 0.2) is 30.3 Å². The smallest absolute Gasteiger partial charge is 0.237 e. The molecule has 0 bridgehead atoms. The van der Waals surface area contributed by atoms with Gasteiger partial charge in [0.25, 0.3) is 0 Å². The molecule has 0 radical (unpaired) electrons.